The Labute approximate surface area is 121 Å². The zero-order valence-electron chi connectivity index (χ0n) is 12.7. The summed E-state index contributed by atoms with van der Waals surface area (Å²) in [7, 11) is 0. The molecule has 2 amide bonds. The lowest BCUT2D eigenvalue weighted by Gasteiger charge is -2.50. The van der Waals surface area contributed by atoms with Crippen molar-refractivity contribution < 1.29 is 9.59 Å². The fourth-order valence-corrected chi connectivity index (χ4v) is 5.14. The van der Waals surface area contributed by atoms with E-state index in [0.717, 1.165) is 25.7 Å². The zero-order chi connectivity index (χ0) is 14.2. The molecule has 112 valence electrons. The molecule has 1 atom stereocenters. The molecule has 1 heterocycles. The van der Waals surface area contributed by atoms with Crippen LogP contribution in [0, 0.1) is 16.7 Å². The number of hydrogen-bond donors (Lipinski definition) is 1. The predicted octanol–water partition coefficient (Wildman–Crippen LogP) is 3.57. The first-order valence-corrected chi connectivity index (χ1v) is 8.43. The van der Waals surface area contributed by atoms with Gasteiger partial charge in [0, 0.05) is 12.3 Å². The number of rotatable bonds is 2. The minimum absolute atomic E-state index is 0.00507. The maximum absolute atomic E-state index is 12.2. The first-order valence-electron chi connectivity index (χ1n) is 8.43. The number of hydrogen-bond acceptors (Lipinski definition) is 2. The smallest absolute Gasteiger partial charge is 0.230 e. The SMILES string of the molecule is CCCC1C(=O)NC(=O)CC12CCC1(CCCC1)CC2. The van der Waals surface area contributed by atoms with Crippen molar-refractivity contribution in [2.45, 2.75) is 77.6 Å². The highest BCUT2D eigenvalue weighted by Gasteiger charge is 2.52. The van der Waals surface area contributed by atoms with E-state index in [1.54, 1.807) is 0 Å². The summed E-state index contributed by atoms with van der Waals surface area (Å²) in [4.78, 5) is 24.1. The molecule has 3 heteroatoms. The van der Waals surface area contributed by atoms with Crippen molar-refractivity contribution in [3.63, 3.8) is 0 Å². The van der Waals surface area contributed by atoms with E-state index in [2.05, 4.69) is 12.2 Å². The lowest BCUT2D eigenvalue weighted by molar-refractivity contribution is -0.147. The Morgan fingerprint density at radius 2 is 1.70 bits per heavy atom. The molecule has 2 aliphatic carbocycles. The number of carbonyl (C=O) groups is 2. The average molecular weight is 277 g/mol. The van der Waals surface area contributed by atoms with Gasteiger partial charge >= 0.3 is 0 Å². The fraction of sp³-hybridized carbons (Fsp3) is 0.882. The van der Waals surface area contributed by atoms with E-state index < -0.39 is 0 Å². The van der Waals surface area contributed by atoms with Gasteiger partial charge in [0.15, 0.2) is 0 Å². The van der Waals surface area contributed by atoms with Crippen LogP contribution in [-0.2, 0) is 9.59 Å². The van der Waals surface area contributed by atoms with Gasteiger partial charge in [0.25, 0.3) is 0 Å². The van der Waals surface area contributed by atoms with Crippen molar-refractivity contribution in [2.75, 3.05) is 0 Å². The van der Waals surface area contributed by atoms with Crippen molar-refractivity contribution in [3.8, 4) is 0 Å². The van der Waals surface area contributed by atoms with Crippen LogP contribution in [0.3, 0.4) is 0 Å². The fourth-order valence-electron chi connectivity index (χ4n) is 5.14. The Bertz CT molecular complexity index is 399. The minimum atomic E-state index is -0.0373. The second-order valence-electron chi connectivity index (χ2n) is 7.50. The second-order valence-corrected chi connectivity index (χ2v) is 7.50. The Morgan fingerprint density at radius 3 is 2.30 bits per heavy atom. The average Bonchev–Trinajstić information content (AvgIpc) is 2.87. The summed E-state index contributed by atoms with van der Waals surface area (Å²) in [6.45, 7) is 2.14. The van der Waals surface area contributed by atoms with Gasteiger partial charge in [-0.3, -0.25) is 14.9 Å². The molecule has 2 saturated carbocycles. The van der Waals surface area contributed by atoms with Crippen LogP contribution in [-0.4, -0.2) is 11.8 Å². The van der Waals surface area contributed by atoms with Crippen molar-refractivity contribution in [1.82, 2.24) is 5.32 Å². The normalized spacial score (nSPS) is 31.8. The zero-order valence-corrected chi connectivity index (χ0v) is 12.7. The molecule has 2 spiro atoms. The maximum atomic E-state index is 12.2. The van der Waals surface area contributed by atoms with Gasteiger partial charge in [-0.05, 0) is 55.8 Å². The highest BCUT2D eigenvalue weighted by atomic mass is 16.2. The predicted molar refractivity (Wildman–Crippen MR) is 78.0 cm³/mol. The summed E-state index contributed by atoms with van der Waals surface area (Å²) in [6.07, 6.45) is 12.7. The molecule has 0 bridgehead atoms. The van der Waals surface area contributed by atoms with Gasteiger partial charge in [-0.15, -0.1) is 0 Å². The largest absolute Gasteiger partial charge is 0.296 e. The van der Waals surface area contributed by atoms with Gasteiger partial charge in [-0.2, -0.15) is 0 Å². The Kier molecular flexibility index (Phi) is 3.64. The standard InChI is InChI=1S/C17H27NO2/c1-2-5-13-15(20)18-14(19)12-17(13)10-8-16(9-11-17)6-3-4-7-16/h13H,2-12H2,1H3,(H,18,19,20). The lowest BCUT2D eigenvalue weighted by Crippen LogP contribution is -2.54. The van der Waals surface area contributed by atoms with Gasteiger partial charge in [0.1, 0.15) is 0 Å². The molecular formula is C17H27NO2. The number of amides is 2. The highest BCUT2D eigenvalue weighted by Crippen LogP contribution is 2.58. The summed E-state index contributed by atoms with van der Waals surface area (Å²) in [5.74, 6) is 0.0409. The molecule has 20 heavy (non-hydrogen) atoms. The molecule has 1 saturated heterocycles. The summed E-state index contributed by atoms with van der Waals surface area (Å²) < 4.78 is 0. The van der Waals surface area contributed by atoms with E-state index >= 15 is 0 Å². The van der Waals surface area contributed by atoms with Crippen LogP contribution in [0.1, 0.15) is 77.6 Å². The van der Waals surface area contributed by atoms with Crippen LogP contribution in [0.15, 0.2) is 0 Å². The van der Waals surface area contributed by atoms with E-state index in [9.17, 15) is 9.59 Å². The molecule has 3 aliphatic rings. The van der Waals surface area contributed by atoms with E-state index in [-0.39, 0.29) is 23.1 Å². The molecule has 3 fully saturated rings. The molecular weight excluding hydrogens is 250 g/mol. The molecule has 0 aromatic carbocycles. The van der Waals surface area contributed by atoms with E-state index in [1.165, 1.54) is 38.5 Å². The third-order valence-corrected chi connectivity index (χ3v) is 6.38. The van der Waals surface area contributed by atoms with Gasteiger partial charge < -0.3 is 0 Å². The molecule has 1 unspecified atom stereocenters. The van der Waals surface area contributed by atoms with E-state index in [1.807, 2.05) is 0 Å². The van der Waals surface area contributed by atoms with Crippen molar-refractivity contribution in [1.29, 1.82) is 0 Å². The minimum Gasteiger partial charge on any atom is -0.296 e. The van der Waals surface area contributed by atoms with Crippen LogP contribution in [0.5, 0.6) is 0 Å². The molecule has 1 aliphatic heterocycles. The molecule has 1 N–H and O–H groups in total. The Morgan fingerprint density at radius 1 is 1.05 bits per heavy atom. The van der Waals surface area contributed by atoms with Crippen LogP contribution in [0.25, 0.3) is 0 Å². The second kappa shape index (κ2) is 5.16. The van der Waals surface area contributed by atoms with Crippen molar-refractivity contribution in [2.24, 2.45) is 16.7 Å². The number of carbonyl (C=O) groups excluding carboxylic acids is 2. The van der Waals surface area contributed by atoms with Crippen LogP contribution < -0.4 is 5.32 Å². The highest BCUT2D eigenvalue weighted by molar-refractivity contribution is 5.99. The molecule has 0 aromatic heterocycles. The first-order chi connectivity index (χ1) is 9.59. The molecule has 3 rings (SSSR count). The molecule has 3 nitrogen and oxygen atoms in total. The third-order valence-electron chi connectivity index (χ3n) is 6.38. The molecule has 0 radical (unpaired) electrons. The van der Waals surface area contributed by atoms with Gasteiger partial charge in [0.05, 0.1) is 0 Å². The lowest BCUT2D eigenvalue weighted by atomic mass is 9.55. The van der Waals surface area contributed by atoms with Crippen molar-refractivity contribution >= 4 is 11.8 Å². The van der Waals surface area contributed by atoms with Gasteiger partial charge in [-0.25, -0.2) is 0 Å². The topological polar surface area (TPSA) is 46.2 Å². The summed E-state index contributed by atoms with van der Waals surface area (Å²) in [6, 6.07) is 0. The summed E-state index contributed by atoms with van der Waals surface area (Å²) >= 11 is 0. The van der Waals surface area contributed by atoms with E-state index in [4.69, 9.17) is 0 Å². The number of nitrogens with one attached hydrogen (secondary N) is 1. The van der Waals surface area contributed by atoms with E-state index in [0.29, 0.717) is 11.8 Å². The third kappa shape index (κ3) is 2.29. The molecule has 0 aromatic rings. The Hall–Kier alpha value is -0.860. The van der Waals surface area contributed by atoms with Gasteiger partial charge in [-0.1, -0.05) is 26.2 Å². The van der Waals surface area contributed by atoms with Gasteiger partial charge in [0.2, 0.25) is 11.8 Å². The summed E-state index contributed by atoms with van der Waals surface area (Å²) in [5, 5.41) is 2.57. The Balaban J connectivity index is 1.78. The number of piperidine rings is 1. The summed E-state index contributed by atoms with van der Waals surface area (Å²) in [5.41, 5.74) is 0.558. The van der Waals surface area contributed by atoms with Crippen molar-refractivity contribution in [3.05, 3.63) is 0 Å². The monoisotopic (exact) mass is 277 g/mol. The van der Waals surface area contributed by atoms with Crippen LogP contribution in [0.2, 0.25) is 0 Å². The number of imide groups is 1. The maximum Gasteiger partial charge on any atom is 0.230 e. The quantitative estimate of drug-likeness (QED) is 0.784. The van der Waals surface area contributed by atoms with Crippen LogP contribution >= 0.6 is 0 Å². The first kappa shape index (κ1) is 14.1. The van der Waals surface area contributed by atoms with Crippen LogP contribution in [0.4, 0.5) is 0 Å².